The van der Waals surface area contributed by atoms with E-state index in [1.54, 1.807) is 28.6 Å². The van der Waals surface area contributed by atoms with Crippen LogP contribution in [0.15, 0.2) is 23.0 Å². The molecule has 1 amide bonds. The van der Waals surface area contributed by atoms with Crippen LogP contribution in [0.25, 0.3) is 11.4 Å². The van der Waals surface area contributed by atoms with Gasteiger partial charge >= 0.3 is 6.09 Å². The lowest BCUT2D eigenvalue weighted by molar-refractivity contribution is 0.0184. The fourth-order valence-corrected chi connectivity index (χ4v) is 4.07. The van der Waals surface area contributed by atoms with Gasteiger partial charge in [-0.3, -0.25) is 9.48 Å². The molecule has 0 atom stereocenters. The van der Waals surface area contributed by atoms with Gasteiger partial charge in [0, 0.05) is 31.9 Å². The van der Waals surface area contributed by atoms with Gasteiger partial charge in [0.1, 0.15) is 11.3 Å². The Labute approximate surface area is 178 Å². The largest absolute Gasteiger partial charge is 0.444 e. The molecule has 0 aromatic carbocycles. The Morgan fingerprint density at radius 1 is 1.25 bits per heavy atom. The van der Waals surface area contributed by atoms with Crippen molar-refractivity contribution in [2.45, 2.75) is 52.2 Å². The van der Waals surface area contributed by atoms with E-state index in [0.717, 1.165) is 33.5 Å². The van der Waals surface area contributed by atoms with Crippen molar-refractivity contribution in [3.8, 4) is 11.4 Å². The zero-order chi connectivity index (χ0) is 20.6. The molecule has 0 spiro atoms. The third-order valence-electron chi connectivity index (χ3n) is 4.97. The summed E-state index contributed by atoms with van der Waals surface area (Å²) in [4.78, 5) is 26.0. The molecule has 1 saturated heterocycles. The predicted molar refractivity (Wildman–Crippen MR) is 116 cm³/mol. The second kappa shape index (κ2) is 7.88. The van der Waals surface area contributed by atoms with Gasteiger partial charge in [-0.05, 0) is 69.2 Å². The highest BCUT2D eigenvalue weighted by molar-refractivity contribution is 14.1. The van der Waals surface area contributed by atoms with Crippen molar-refractivity contribution in [2.75, 3.05) is 13.1 Å². The molecule has 2 aromatic heterocycles. The van der Waals surface area contributed by atoms with Crippen LogP contribution in [0.3, 0.4) is 0 Å². The average molecular weight is 498 g/mol. The molecule has 1 aliphatic rings. The van der Waals surface area contributed by atoms with Crippen LogP contribution in [0.5, 0.6) is 0 Å². The van der Waals surface area contributed by atoms with Crippen molar-refractivity contribution in [2.24, 2.45) is 7.05 Å². The van der Waals surface area contributed by atoms with Gasteiger partial charge in [-0.2, -0.15) is 5.10 Å². The summed E-state index contributed by atoms with van der Waals surface area (Å²) in [6.45, 7) is 8.99. The zero-order valence-corrected chi connectivity index (χ0v) is 19.2. The van der Waals surface area contributed by atoms with Gasteiger partial charge in [-0.25, -0.2) is 4.79 Å². The average Bonchev–Trinajstić information content (AvgIpc) is 2.91. The molecule has 2 aromatic rings. The number of rotatable bonds is 2. The lowest BCUT2D eigenvalue weighted by Crippen LogP contribution is -2.42. The molecule has 0 N–H and O–H groups in total. The third-order valence-corrected chi connectivity index (χ3v) is 6.26. The molecule has 28 heavy (non-hydrogen) atoms. The number of ether oxygens (including phenoxy) is 1. The maximum atomic E-state index is 12.3. The van der Waals surface area contributed by atoms with Crippen molar-refractivity contribution in [1.29, 1.82) is 0 Å². The molecule has 0 saturated carbocycles. The van der Waals surface area contributed by atoms with Gasteiger partial charge in [0.15, 0.2) is 0 Å². The summed E-state index contributed by atoms with van der Waals surface area (Å²) in [5.74, 6) is 0. The Morgan fingerprint density at radius 2 is 1.89 bits per heavy atom. The summed E-state index contributed by atoms with van der Waals surface area (Å²) < 4.78 is 10.2. The SMILES string of the molecule is Cc1c(I)c(-c2cccc(=O)n2C)nn1C1CCN(C(=O)OC(C)(C)C)CC1. The summed E-state index contributed by atoms with van der Waals surface area (Å²) in [6.07, 6.45) is 1.40. The predicted octanol–water partition coefficient (Wildman–Crippen LogP) is 3.73. The Bertz CT molecular complexity index is 934. The highest BCUT2D eigenvalue weighted by atomic mass is 127. The van der Waals surface area contributed by atoms with Crippen LogP contribution in [0.1, 0.15) is 45.3 Å². The molecule has 0 aliphatic carbocycles. The fraction of sp³-hybridized carbons (Fsp3) is 0.550. The lowest BCUT2D eigenvalue weighted by Gasteiger charge is -2.33. The number of aromatic nitrogens is 3. The van der Waals surface area contributed by atoms with Crippen molar-refractivity contribution in [3.05, 3.63) is 37.8 Å². The number of piperidine rings is 1. The van der Waals surface area contributed by atoms with Gasteiger partial charge in [0.2, 0.25) is 0 Å². The summed E-state index contributed by atoms with van der Waals surface area (Å²) in [5.41, 5.74) is 2.19. The summed E-state index contributed by atoms with van der Waals surface area (Å²) >= 11 is 2.30. The van der Waals surface area contributed by atoms with Crippen LogP contribution in [0.4, 0.5) is 4.79 Å². The second-order valence-corrected chi connectivity index (χ2v) is 9.28. The molecule has 152 valence electrons. The monoisotopic (exact) mass is 498 g/mol. The van der Waals surface area contributed by atoms with E-state index in [1.807, 2.05) is 26.8 Å². The minimum Gasteiger partial charge on any atom is -0.444 e. The highest BCUT2D eigenvalue weighted by Crippen LogP contribution is 2.31. The van der Waals surface area contributed by atoms with E-state index in [0.29, 0.717) is 13.1 Å². The molecule has 1 aliphatic heterocycles. The minimum absolute atomic E-state index is 0.0498. The molecule has 1 fully saturated rings. The Hall–Kier alpha value is -1.84. The van der Waals surface area contributed by atoms with E-state index in [4.69, 9.17) is 9.84 Å². The van der Waals surface area contributed by atoms with Crippen molar-refractivity contribution in [3.63, 3.8) is 0 Å². The molecule has 3 heterocycles. The number of carbonyl (C=O) groups excluding carboxylic acids is 1. The number of likely N-dealkylation sites (tertiary alicyclic amines) is 1. The first-order valence-electron chi connectivity index (χ1n) is 9.47. The van der Waals surface area contributed by atoms with Crippen molar-refractivity contribution < 1.29 is 9.53 Å². The normalized spacial score (nSPS) is 15.7. The molecule has 0 radical (unpaired) electrons. The number of hydrogen-bond donors (Lipinski definition) is 0. The number of halogens is 1. The summed E-state index contributed by atoms with van der Waals surface area (Å²) in [7, 11) is 1.77. The number of carbonyl (C=O) groups is 1. The number of amides is 1. The zero-order valence-electron chi connectivity index (χ0n) is 17.0. The second-order valence-electron chi connectivity index (χ2n) is 8.20. The first-order chi connectivity index (χ1) is 13.1. The molecule has 7 nitrogen and oxygen atoms in total. The smallest absolute Gasteiger partial charge is 0.410 e. The van der Waals surface area contributed by atoms with E-state index in [1.165, 1.54) is 0 Å². The van der Waals surface area contributed by atoms with E-state index < -0.39 is 5.60 Å². The topological polar surface area (TPSA) is 69.4 Å². The van der Waals surface area contributed by atoms with Crippen LogP contribution in [0, 0.1) is 10.5 Å². The van der Waals surface area contributed by atoms with Crippen LogP contribution in [0.2, 0.25) is 0 Å². The fourth-order valence-electron chi connectivity index (χ4n) is 3.44. The van der Waals surface area contributed by atoms with E-state index in [2.05, 4.69) is 34.2 Å². The minimum atomic E-state index is -0.483. The molecule has 3 rings (SSSR count). The standard InChI is InChI=1S/C20H27IN4O3/c1-13-17(21)18(15-7-6-8-16(26)23(15)5)22-25(13)14-9-11-24(12-10-14)19(27)28-20(2,3)4/h6-8,14H,9-12H2,1-5H3. The molecule has 0 unspecified atom stereocenters. The number of hydrogen-bond acceptors (Lipinski definition) is 4. The Morgan fingerprint density at radius 3 is 2.50 bits per heavy atom. The van der Waals surface area contributed by atoms with Crippen LogP contribution >= 0.6 is 22.6 Å². The summed E-state index contributed by atoms with van der Waals surface area (Å²) in [6, 6.07) is 5.45. The quantitative estimate of drug-likeness (QED) is 0.592. The van der Waals surface area contributed by atoms with Gasteiger partial charge in [0.25, 0.3) is 5.56 Å². The number of pyridine rings is 1. The molecular weight excluding hydrogens is 471 g/mol. The first-order valence-corrected chi connectivity index (χ1v) is 10.6. The van der Waals surface area contributed by atoms with Gasteiger partial charge in [0.05, 0.1) is 15.3 Å². The van der Waals surface area contributed by atoms with E-state index >= 15 is 0 Å². The third kappa shape index (κ3) is 4.26. The maximum absolute atomic E-state index is 12.3. The Balaban J connectivity index is 1.79. The van der Waals surface area contributed by atoms with Gasteiger partial charge in [-0.1, -0.05) is 6.07 Å². The van der Waals surface area contributed by atoms with Crippen LogP contribution < -0.4 is 5.56 Å². The van der Waals surface area contributed by atoms with Crippen LogP contribution in [-0.4, -0.2) is 44.0 Å². The Kier molecular flexibility index (Phi) is 5.88. The summed E-state index contributed by atoms with van der Waals surface area (Å²) in [5, 5.41) is 4.85. The highest BCUT2D eigenvalue weighted by Gasteiger charge is 2.29. The molecule has 0 bridgehead atoms. The van der Waals surface area contributed by atoms with Crippen molar-refractivity contribution >= 4 is 28.7 Å². The van der Waals surface area contributed by atoms with Crippen molar-refractivity contribution in [1.82, 2.24) is 19.2 Å². The molecule has 8 heteroatoms. The molecular formula is C20H27IN4O3. The van der Waals surface area contributed by atoms with Crippen LogP contribution in [-0.2, 0) is 11.8 Å². The first kappa shape index (κ1) is 20.9. The van der Waals surface area contributed by atoms with Gasteiger partial charge in [-0.15, -0.1) is 0 Å². The van der Waals surface area contributed by atoms with E-state index in [9.17, 15) is 9.59 Å². The lowest BCUT2D eigenvalue weighted by atomic mass is 10.1. The van der Waals surface area contributed by atoms with Gasteiger partial charge < -0.3 is 14.2 Å². The van der Waals surface area contributed by atoms with E-state index in [-0.39, 0.29) is 17.7 Å². The maximum Gasteiger partial charge on any atom is 0.410 e. The number of nitrogens with zero attached hydrogens (tertiary/aromatic N) is 4.